The van der Waals surface area contributed by atoms with Crippen molar-refractivity contribution >= 4 is 16.1 Å². The second kappa shape index (κ2) is 10.0. The zero-order valence-electron chi connectivity index (χ0n) is 7.48. The van der Waals surface area contributed by atoms with E-state index in [1.54, 1.807) is 6.92 Å². The Hall–Kier alpha value is -0.0600. The smallest absolute Gasteiger partial charge is 0.748 e. The number of terminal acetylenes is 1. The van der Waals surface area contributed by atoms with Crippen LogP contribution in [0.4, 0.5) is 0 Å². The standard InChI is InChI=1S/C3H8O3S.C3H2O2.Na/c1-2-3-7(4,5)6;1-2-3(4)5;/h2-3H2,1H3,(H,4,5,6);1H,(H,4,5);/q;;+1/p-1. The van der Waals surface area contributed by atoms with Crippen LogP contribution in [-0.4, -0.2) is 29.8 Å². The average Bonchev–Trinajstić information content (AvgIpc) is 1.86. The molecule has 0 heterocycles. The van der Waals surface area contributed by atoms with E-state index in [4.69, 9.17) is 9.90 Å². The summed E-state index contributed by atoms with van der Waals surface area (Å²) in [6.07, 6.45) is 4.73. The molecule has 0 aliphatic rings. The number of hydrogen-bond acceptors (Lipinski definition) is 4. The van der Waals surface area contributed by atoms with Gasteiger partial charge in [-0.3, -0.25) is 0 Å². The van der Waals surface area contributed by atoms with Crippen molar-refractivity contribution in [1.29, 1.82) is 0 Å². The predicted octanol–water partition coefficient (Wildman–Crippen LogP) is -3.35. The topological polar surface area (TPSA) is 94.5 Å². The van der Waals surface area contributed by atoms with Crippen LogP contribution in [0.3, 0.4) is 0 Å². The van der Waals surface area contributed by atoms with E-state index in [9.17, 15) is 13.0 Å². The fraction of sp³-hybridized carbons (Fsp3) is 0.500. The molecule has 0 atom stereocenters. The molecule has 1 N–H and O–H groups in total. The summed E-state index contributed by atoms with van der Waals surface area (Å²) in [7, 11) is -3.92. The van der Waals surface area contributed by atoms with Crippen molar-refractivity contribution < 1.29 is 52.4 Å². The minimum Gasteiger partial charge on any atom is -0.748 e. The normalized spacial score (nSPS) is 8.38. The van der Waals surface area contributed by atoms with Crippen molar-refractivity contribution in [3.8, 4) is 12.3 Å². The molecule has 0 bridgehead atoms. The Morgan fingerprint density at radius 2 is 1.92 bits per heavy atom. The number of carboxylic acids is 1. The first-order chi connectivity index (χ1) is 5.33. The fourth-order valence-electron chi connectivity index (χ4n) is 0.250. The average molecular weight is 216 g/mol. The zero-order valence-corrected chi connectivity index (χ0v) is 10.3. The molecule has 0 aliphatic carbocycles. The van der Waals surface area contributed by atoms with Gasteiger partial charge < -0.3 is 9.66 Å². The van der Waals surface area contributed by atoms with E-state index in [1.165, 1.54) is 5.92 Å². The molecule has 0 aromatic rings. The van der Waals surface area contributed by atoms with Gasteiger partial charge in [0.2, 0.25) is 0 Å². The number of rotatable bonds is 2. The van der Waals surface area contributed by atoms with E-state index in [-0.39, 0.29) is 35.3 Å². The molecule has 7 heteroatoms. The van der Waals surface area contributed by atoms with Gasteiger partial charge in [-0.25, -0.2) is 13.2 Å². The predicted molar refractivity (Wildman–Crippen MR) is 41.3 cm³/mol. The number of carboxylic acid groups (broad SMARTS) is 1. The molecule has 13 heavy (non-hydrogen) atoms. The maximum Gasteiger partial charge on any atom is 1.00 e. The quantitative estimate of drug-likeness (QED) is 0.295. The molecular formula is C6H9NaO5S. The summed E-state index contributed by atoms with van der Waals surface area (Å²) >= 11 is 0. The molecule has 0 amide bonds. The molecule has 0 rings (SSSR count). The fourth-order valence-corrected chi connectivity index (χ4v) is 0.750. The van der Waals surface area contributed by atoms with E-state index in [1.807, 2.05) is 0 Å². The van der Waals surface area contributed by atoms with E-state index in [2.05, 4.69) is 6.42 Å². The van der Waals surface area contributed by atoms with Crippen LogP contribution in [0.1, 0.15) is 13.3 Å². The Kier molecular flexibility index (Phi) is 14.4. The maximum atomic E-state index is 9.68. The van der Waals surface area contributed by atoms with E-state index in [0.717, 1.165) is 0 Å². The summed E-state index contributed by atoms with van der Waals surface area (Å²) in [6, 6.07) is 0. The van der Waals surface area contributed by atoms with Crippen LogP contribution < -0.4 is 29.6 Å². The summed E-state index contributed by atoms with van der Waals surface area (Å²) in [5, 5.41) is 7.49. The molecule has 0 saturated heterocycles. The molecule has 0 spiro atoms. The van der Waals surface area contributed by atoms with E-state index < -0.39 is 16.1 Å². The molecule has 0 aromatic carbocycles. The van der Waals surface area contributed by atoms with Gasteiger partial charge >= 0.3 is 35.5 Å². The van der Waals surface area contributed by atoms with Gasteiger partial charge in [0.15, 0.2) is 0 Å². The van der Waals surface area contributed by atoms with Crippen LogP contribution in [0.5, 0.6) is 0 Å². The van der Waals surface area contributed by atoms with Gasteiger partial charge in [-0.2, -0.15) is 0 Å². The van der Waals surface area contributed by atoms with Gasteiger partial charge in [0.05, 0.1) is 10.1 Å². The van der Waals surface area contributed by atoms with E-state index in [0.29, 0.717) is 6.42 Å². The number of hydrogen-bond donors (Lipinski definition) is 1. The van der Waals surface area contributed by atoms with Gasteiger partial charge in [0.1, 0.15) is 0 Å². The Morgan fingerprint density at radius 3 is 1.92 bits per heavy atom. The minimum atomic E-state index is -3.92. The van der Waals surface area contributed by atoms with E-state index >= 15 is 0 Å². The van der Waals surface area contributed by atoms with Crippen molar-refractivity contribution in [2.75, 3.05) is 5.75 Å². The van der Waals surface area contributed by atoms with Crippen molar-refractivity contribution in [3.63, 3.8) is 0 Å². The third kappa shape index (κ3) is 33.4. The minimum absolute atomic E-state index is 0. The van der Waals surface area contributed by atoms with Gasteiger partial charge in [-0.05, 0) is 6.42 Å². The molecule has 0 saturated carbocycles. The third-order valence-electron chi connectivity index (χ3n) is 0.578. The first kappa shape index (κ1) is 18.7. The molecular weight excluding hydrogens is 207 g/mol. The second-order valence-electron chi connectivity index (χ2n) is 1.71. The number of carbonyl (C=O) groups is 1. The Balaban J connectivity index is -0.000000150. The van der Waals surface area contributed by atoms with Crippen LogP contribution in [0, 0.1) is 12.3 Å². The summed E-state index contributed by atoms with van der Waals surface area (Å²) < 4.78 is 29.0. The molecule has 0 aromatic heterocycles. The maximum absolute atomic E-state index is 9.68. The molecule has 0 unspecified atom stereocenters. The Morgan fingerprint density at radius 1 is 1.62 bits per heavy atom. The molecule has 5 nitrogen and oxygen atoms in total. The summed E-state index contributed by atoms with van der Waals surface area (Å²) in [5.74, 6) is -0.0162. The first-order valence-corrected chi connectivity index (χ1v) is 4.54. The van der Waals surface area contributed by atoms with Crippen LogP contribution in [0.15, 0.2) is 0 Å². The molecule has 0 radical (unpaired) electrons. The van der Waals surface area contributed by atoms with Crippen LogP contribution >= 0.6 is 0 Å². The summed E-state index contributed by atoms with van der Waals surface area (Å²) in [5.41, 5.74) is 0. The third-order valence-corrected chi connectivity index (χ3v) is 1.49. The monoisotopic (exact) mass is 216 g/mol. The van der Waals surface area contributed by atoms with Gasteiger partial charge in [-0.15, -0.1) is 6.42 Å². The second-order valence-corrected chi connectivity index (χ2v) is 3.23. The van der Waals surface area contributed by atoms with Gasteiger partial charge in [-0.1, -0.05) is 6.92 Å². The molecule has 0 aliphatic heterocycles. The zero-order chi connectivity index (χ0) is 10.2. The Bertz CT molecular complexity index is 263. The van der Waals surface area contributed by atoms with Crippen LogP contribution in [0.25, 0.3) is 0 Å². The van der Waals surface area contributed by atoms with Crippen molar-refractivity contribution in [1.82, 2.24) is 0 Å². The van der Waals surface area contributed by atoms with Crippen molar-refractivity contribution in [2.24, 2.45) is 0 Å². The molecule has 0 fully saturated rings. The van der Waals surface area contributed by atoms with Gasteiger partial charge in [0.25, 0.3) is 0 Å². The summed E-state index contributed by atoms with van der Waals surface area (Å²) in [6.45, 7) is 1.65. The largest absolute Gasteiger partial charge is 1.00 e. The Labute approximate surface area is 99.6 Å². The van der Waals surface area contributed by atoms with Crippen LogP contribution in [-0.2, 0) is 14.9 Å². The van der Waals surface area contributed by atoms with Crippen LogP contribution in [0.2, 0.25) is 0 Å². The number of aliphatic carboxylic acids is 1. The van der Waals surface area contributed by atoms with Crippen molar-refractivity contribution in [2.45, 2.75) is 13.3 Å². The SMILES string of the molecule is C#CC(=O)O.CCCS(=O)(=O)[O-].[Na+]. The summed E-state index contributed by atoms with van der Waals surface area (Å²) in [4.78, 5) is 9.13. The first-order valence-electron chi connectivity index (χ1n) is 2.96. The molecule has 70 valence electrons. The van der Waals surface area contributed by atoms with Gasteiger partial charge in [0, 0.05) is 11.7 Å². The van der Waals surface area contributed by atoms with Crippen molar-refractivity contribution in [3.05, 3.63) is 0 Å².